The highest BCUT2D eigenvalue weighted by Gasteiger charge is 2.20. The van der Waals surface area contributed by atoms with Crippen molar-refractivity contribution in [1.82, 2.24) is 20.2 Å². The number of aromatic amines is 1. The van der Waals surface area contributed by atoms with Crippen LogP contribution in [0.25, 0.3) is 22.2 Å². The molecule has 0 aliphatic carbocycles. The van der Waals surface area contributed by atoms with Crippen LogP contribution in [0.4, 0.5) is 5.69 Å². The van der Waals surface area contributed by atoms with Gasteiger partial charge >= 0.3 is 0 Å². The van der Waals surface area contributed by atoms with Crippen molar-refractivity contribution >= 4 is 38.2 Å². The van der Waals surface area contributed by atoms with Gasteiger partial charge in [-0.25, -0.2) is 18.4 Å². The molecule has 2 aromatic carbocycles. The number of H-pyrrole nitrogens is 1. The van der Waals surface area contributed by atoms with Gasteiger partial charge in [0, 0.05) is 29.1 Å². The van der Waals surface area contributed by atoms with E-state index < -0.39 is 10.0 Å². The molecular weight excluding hydrogens is 530 g/mol. The summed E-state index contributed by atoms with van der Waals surface area (Å²) in [7, 11) is -0.965. The van der Waals surface area contributed by atoms with Gasteiger partial charge in [0.1, 0.15) is 16.4 Å². The van der Waals surface area contributed by atoms with Crippen LogP contribution in [0, 0.1) is 6.92 Å². The Balaban J connectivity index is 1.44. The van der Waals surface area contributed by atoms with Crippen LogP contribution < -0.4 is 18.9 Å². The van der Waals surface area contributed by atoms with Crippen LogP contribution in [0.5, 0.6) is 23.3 Å². The van der Waals surface area contributed by atoms with Crippen LogP contribution in [0.1, 0.15) is 5.69 Å². The number of pyridine rings is 2. The predicted molar refractivity (Wildman–Crippen MR) is 144 cm³/mol. The highest BCUT2D eigenvalue weighted by atomic mass is 35.5. The molecule has 0 saturated heterocycles. The van der Waals surface area contributed by atoms with E-state index in [0.29, 0.717) is 40.2 Å². The fourth-order valence-corrected chi connectivity index (χ4v) is 5.34. The number of methoxy groups -OCH3 is 2. The lowest BCUT2D eigenvalue weighted by atomic mass is 10.1. The summed E-state index contributed by atoms with van der Waals surface area (Å²) in [6.07, 6.45) is 1.55. The van der Waals surface area contributed by atoms with Gasteiger partial charge in [-0.1, -0.05) is 23.7 Å². The van der Waals surface area contributed by atoms with Crippen molar-refractivity contribution in [2.45, 2.75) is 11.8 Å². The fraction of sp³-hybridized carbons (Fsp3) is 0.115. The van der Waals surface area contributed by atoms with E-state index in [4.69, 9.17) is 30.8 Å². The summed E-state index contributed by atoms with van der Waals surface area (Å²) in [5, 5.41) is 8.15. The van der Waals surface area contributed by atoms with Crippen molar-refractivity contribution in [1.29, 1.82) is 0 Å². The smallest absolute Gasteiger partial charge is 0.263 e. The summed E-state index contributed by atoms with van der Waals surface area (Å²) >= 11 is 6.13. The third kappa shape index (κ3) is 5.06. The SMILES string of the molecule is COc1ccc(Cl)c(S(=O)(=O)Nc2ccc(-c3cc4n[nH]c(C)c4c(Oc4ccc(OC)nc4)n3)cc2)c1. The lowest BCUT2D eigenvalue weighted by Gasteiger charge is -2.12. The van der Waals surface area contributed by atoms with E-state index in [1.165, 1.54) is 26.4 Å². The van der Waals surface area contributed by atoms with Crippen LogP contribution in [0.3, 0.4) is 0 Å². The zero-order chi connectivity index (χ0) is 26.9. The molecule has 5 rings (SSSR count). The Bertz CT molecular complexity index is 1720. The summed E-state index contributed by atoms with van der Waals surface area (Å²) in [6.45, 7) is 1.88. The number of anilines is 1. The van der Waals surface area contributed by atoms with Crippen molar-refractivity contribution in [3.05, 3.63) is 77.6 Å². The first-order valence-electron chi connectivity index (χ1n) is 11.3. The number of fused-ring (bicyclic) bond motifs is 1. The Labute approximate surface area is 223 Å². The number of aryl methyl sites for hydroxylation is 1. The lowest BCUT2D eigenvalue weighted by Crippen LogP contribution is -2.13. The van der Waals surface area contributed by atoms with E-state index in [1.807, 2.05) is 13.0 Å². The quantitative estimate of drug-likeness (QED) is 0.255. The summed E-state index contributed by atoms with van der Waals surface area (Å²) in [4.78, 5) is 8.80. The number of rotatable bonds is 8. The van der Waals surface area contributed by atoms with Gasteiger partial charge in [0.15, 0.2) is 0 Å². The molecule has 0 fully saturated rings. The van der Waals surface area contributed by atoms with Gasteiger partial charge in [0.2, 0.25) is 11.8 Å². The first-order chi connectivity index (χ1) is 18.3. The van der Waals surface area contributed by atoms with Gasteiger partial charge < -0.3 is 14.2 Å². The highest BCUT2D eigenvalue weighted by Crippen LogP contribution is 2.34. The average molecular weight is 552 g/mol. The lowest BCUT2D eigenvalue weighted by molar-refractivity contribution is 0.394. The molecule has 0 radical (unpaired) electrons. The van der Waals surface area contributed by atoms with Crippen molar-refractivity contribution in [3.8, 4) is 34.5 Å². The number of nitrogens with one attached hydrogen (secondary N) is 2. The zero-order valence-corrected chi connectivity index (χ0v) is 22.1. The average Bonchev–Trinajstić information content (AvgIpc) is 3.30. The number of aromatic nitrogens is 4. The van der Waals surface area contributed by atoms with Gasteiger partial charge in [0.05, 0.1) is 42.0 Å². The molecule has 0 spiro atoms. The Kier molecular flexibility index (Phi) is 6.79. The number of ether oxygens (including phenoxy) is 3. The second-order valence-electron chi connectivity index (χ2n) is 8.17. The van der Waals surface area contributed by atoms with E-state index in [2.05, 4.69) is 19.9 Å². The van der Waals surface area contributed by atoms with E-state index in [9.17, 15) is 8.42 Å². The molecule has 0 aliphatic heterocycles. The minimum atomic E-state index is -3.95. The highest BCUT2D eigenvalue weighted by molar-refractivity contribution is 7.92. The number of hydrogen-bond donors (Lipinski definition) is 2. The van der Waals surface area contributed by atoms with Crippen LogP contribution in [-0.2, 0) is 10.0 Å². The second-order valence-corrected chi connectivity index (χ2v) is 10.2. The van der Waals surface area contributed by atoms with E-state index >= 15 is 0 Å². The van der Waals surface area contributed by atoms with E-state index in [-0.39, 0.29) is 9.92 Å². The number of nitrogens with zero attached hydrogens (tertiary/aromatic N) is 3. The van der Waals surface area contributed by atoms with Gasteiger partial charge in [-0.2, -0.15) is 5.10 Å². The predicted octanol–water partition coefficient (Wildman–Crippen LogP) is 5.59. The molecule has 0 amide bonds. The Morgan fingerprint density at radius 3 is 2.39 bits per heavy atom. The zero-order valence-electron chi connectivity index (χ0n) is 20.5. The maximum absolute atomic E-state index is 12.9. The topological polar surface area (TPSA) is 128 Å². The minimum absolute atomic E-state index is 0.0845. The molecule has 5 aromatic rings. The van der Waals surface area contributed by atoms with Crippen molar-refractivity contribution in [2.24, 2.45) is 0 Å². The number of benzene rings is 2. The second kappa shape index (κ2) is 10.2. The van der Waals surface area contributed by atoms with Crippen LogP contribution in [-0.4, -0.2) is 42.8 Å². The van der Waals surface area contributed by atoms with Crippen molar-refractivity contribution in [3.63, 3.8) is 0 Å². The largest absolute Gasteiger partial charge is 0.497 e. The Morgan fingerprint density at radius 1 is 0.947 bits per heavy atom. The Hall–Kier alpha value is -4.35. The van der Waals surface area contributed by atoms with Gasteiger partial charge in [-0.3, -0.25) is 9.82 Å². The molecule has 0 atom stereocenters. The summed E-state index contributed by atoms with van der Waals surface area (Å²) in [5.74, 6) is 1.68. The van der Waals surface area contributed by atoms with Crippen LogP contribution in [0.15, 0.2) is 71.8 Å². The van der Waals surface area contributed by atoms with Crippen LogP contribution in [0.2, 0.25) is 5.02 Å². The number of sulfonamides is 1. The van der Waals surface area contributed by atoms with E-state index in [0.717, 1.165) is 16.6 Å². The molecule has 0 saturated carbocycles. The standard InChI is InChI=1S/C26H22ClN5O5S/c1-15-25-22(31-30-15)13-21(29-26(25)37-19-9-11-24(36-3)28-14-19)16-4-6-17(7-5-16)32-38(33,34)23-12-18(35-2)8-10-20(23)27/h4-14,32H,1-3H3,(H,30,31). The molecule has 0 unspecified atom stereocenters. The monoisotopic (exact) mass is 551 g/mol. The molecule has 2 N–H and O–H groups in total. The first-order valence-corrected chi connectivity index (χ1v) is 13.1. The molecular formula is C26H22ClN5O5S. The summed E-state index contributed by atoms with van der Waals surface area (Å²) in [5.41, 5.74) is 3.14. The minimum Gasteiger partial charge on any atom is -0.497 e. The molecule has 3 aromatic heterocycles. The molecule has 12 heteroatoms. The maximum atomic E-state index is 12.9. The number of hydrogen-bond acceptors (Lipinski definition) is 8. The summed E-state index contributed by atoms with van der Waals surface area (Å²) in [6, 6.07) is 16.4. The third-order valence-corrected chi connectivity index (χ3v) is 7.54. The molecule has 10 nitrogen and oxygen atoms in total. The Morgan fingerprint density at radius 2 is 1.71 bits per heavy atom. The van der Waals surface area contributed by atoms with Crippen LogP contribution >= 0.6 is 11.6 Å². The van der Waals surface area contributed by atoms with Gasteiger partial charge in [0.25, 0.3) is 10.0 Å². The third-order valence-electron chi connectivity index (χ3n) is 5.68. The molecule has 38 heavy (non-hydrogen) atoms. The fourth-order valence-electron chi connectivity index (χ4n) is 3.77. The molecule has 0 aliphatic rings. The van der Waals surface area contributed by atoms with Crippen molar-refractivity contribution in [2.75, 3.05) is 18.9 Å². The van der Waals surface area contributed by atoms with E-state index in [1.54, 1.807) is 48.7 Å². The number of halogens is 1. The molecule has 194 valence electrons. The maximum Gasteiger partial charge on any atom is 0.263 e. The van der Waals surface area contributed by atoms with Gasteiger partial charge in [-0.05, 0) is 43.3 Å². The summed E-state index contributed by atoms with van der Waals surface area (Å²) < 4.78 is 44.7. The van der Waals surface area contributed by atoms with Gasteiger partial charge in [-0.15, -0.1) is 0 Å². The first kappa shape index (κ1) is 25.3. The van der Waals surface area contributed by atoms with Crippen molar-refractivity contribution < 1.29 is 22.6 Å². The normalized spacial score (nSPS) is 11.4. The molecule has 3 heterocycles. The molecule has 0 bridgehead atoms.